The average Bonchev–Trinajstić information content (AvgIpc) is 2.52. The van der Waals surface area contributed by atoms with Crippen molar-refractivity contribution in [2.75, 3.05) is 0 Å². The van der Waals surface area contributed by atoms with Gasteiger partial charge in [0.25, 0.3) is 0 Å². The molecule has 0 saturated heterocycles. The van der Waals surface area contributed by atoms with Gasteiger partial charge in [-0.3, -0.25) is 4.79 Å². The second kappa shape index (κ2) is 19.5. The number of carbonyl (C=O) groups is 2. The van der Waals surface area contributed by atoms with Gasteiger partial charge in [-0.15, -0.1) is 6.58 Å². The molecule has 0 saturated carbocycles. The molecule has 4 nitrogen and oxygen atoms in total. The molecule has 0 aliphatic carbocycles. The summed E-state index contributed by atoms with van der Waals surface area (Å²) in [4.78, 5) is 20.1. The number of carboxylic acid groups (broad SMARTS) is 2. The first-order chi connectivity index (χ1) is 11.5. The Kier molecular flexibility index (Phi) is 20.0. The number of carboxylic acids is 2. The van der Waals surface area contributed by atoms with Gasteiger partial charge in [-0.05, 0) is 19.8 Å². The Morgan fingerprint density at radius 2 is 1.33 bits per heavy atom. The molecule has 24 heavy (non-hydrogen) atoms. The lowest BCUT2D eigenvalue weighted by atomic mass is 10.1. The van der Waals surface area contributed by atoms with Gasteiger partial charge in [-0.25, -0.2) is 4.79 Å². The summed E-state index contributed by atoms with van der Waals surface area (Å²) in [5.74, 6) is -1.62. The lowest BCUT2D eigenvalue weighted by Gasteiger charge is -2.01. The zero-order valence-electron chi connectivity index (χ0n) is 15.6. The predicted molar refractivity (Wildman–Crippen MR) is 100 cm³/mol. The Morgan fingerprint density at radius 1 is 0.875 bits per heavy atom. The number of aliphatic carboxylic acids is 2. The zero-order valence-corrected chi connectivity index (χ0v) is 15.6. The summed E-state index contributed by atoms with van der Waals surface area (Å²) < 4.78 is 0. The lowest BCUT2D eigenvalue weighted by molar-refractivity contribution is -0.136. The van der Waals surface area contributed by atoms with Crippen LogP contribution < -0.4 is 0 Å². The molecular formula is C20H36O4. The van der Waals surface area contributed by atoms with E-state index in [1.807, 2.05) is 6.08 Å². The molecule has 4 heteroatoms. The fraction of sp³-hybridized carbons (Fsp3) is 0.700. The van der Waals surface area contributed by atoms with Crippen molar-refractivity contribution >= 4 is 11.9 Å². The van der Waals surface area contributed by atoms with Crippen LogP contribution in [0.25, 0.3) is 0 Å². The van der Waals surface area contributed by atoms with Gasteiger partial charge in [-0.2, -0.15) is 0 Å². The fourth-order valence-corrected chi connectivity index (χ4v) is 2.16. The molecule has 0 aliphatic heterocycles. The van der Waals surface area contributed by atoms with Gasteiger partial charge >= 0.3 is 11.9 Å². The van der Waals surface area contributed by atoms with Crippen molar-refractivity contribution in [3.63, 3.8) is 0 Å². The van der Waals surface area contributed by atoms with Crippen LogP contribution in [-0.4, -0.2) is 22.2 Å². The number of allylic oxidation sites excluding steroid dienone is 1. The second-order valence-corrected chi connectivity index (χ2v) is 6.05. The van der Waals surface area contributed by atoms with E-state index >= 15 is 0 Å². The van der Waals surface area contributed by atoms with Crippen molar-refractivity contribution in [1.29, 1.82) is 0 Å². The van der Waals surface area contributed by atoms with Crippen LogP contribution in [0.4, 0.5) is 0 Å². The average molecular weight is 341 g/mol. The smallest absolute Gasteiger partial charge is 0.330 e. The molecule has 0 rings (SSSR count). The van der Waals surface area contributed by atoms with Crippen LogP contribution in [0.3, 0.4) is 0 Å². The molecule has 0 aliphatic rings. The predicted octanol–water partition coefficient (Wildman–Crippen LogP) is 5.98. The molecule has 0 amide bonds. The van der Waals surface area contributed by atoms with Crippen LogP contribution in [0, 0.1) is 0 Å². The third kappa shape index (κ3) is 22.7. The van der Waals surface area contributed by atoms with Crippen LogP contribution in [0.2, 0.25) is 0 Å². The highest BCUT2D eigenvalue weighted by Crippen LogP contribution is 2.11. The molecule has 0 bridgehead atoms. The second-order valence-electron chi connectivity index (χ2n) is 6.05. The Hall–Kier alpha value is -1.58. The van der Waals surface area contributed by atoms with Crippen LogP contribution in [0.15, 0.2) is 24.3 Å². The van der Waals surface area contributed by atoms with E-state index in [1.165, 1.54) is 63.9 Å². The van der Waals surface area contributed by atoms with E-state index in [0.29, 0.717) is 5.57 Å². The van der Waals surface area contributed by atoms with Gasteiger partial charge in [0, 0.05) is 5.57 Å². The van der Waals surface area contributed by atoms with Crippen molar-refractivity contribution in [3.8, 4) is 0 Å². The van der Waals surface area contributed by atoms with E-state index < -0.39 is 11.9 Å². The number of unbranched alkanes of at least 4 members (excludes halogenated alkanes) is 10. The summed E-state index contributed by atoms with van der Waals surface area (Å²) in [5.41, 5.74) is 0.478. The third-order valence-electron chi connectivity index (χ3n) is 3.66. The Morgan fingerprint density at radius 3 is 1.67 bits per heavy atom. The largest absolute Gasteiger partial charge is 0.481 e. The van der Waals surface area contributed by atoms with E-state index in [4.69, 9.17) is 10.2 Å². The van der Waals surface area contributed by atoms with Crippen molar-refractivity contribution in [3.05, 3.63) is 24.3 Å². The summed E-state index contributed by atoms with van der Waals surface area (Å²) in [5, 5.41) is 16.5. The standard InChI is InChI=1S/C16H30O2.C4H6O2/c1-3-4-5-6-7-8-9-10-11-12-13-14-15(2)16(17)18;1-2-3-4(5)6/h14H,3-13H2,1-2H3,(H,17,18);2H,1,3H2,(H,5,6)/b15-14+;. The summed E-state index contributed by atoms with van der Waals surface area (Å²) >= 11 is 0. The van der Waals surface area contributed by atoms with Gasteiger partial charge in [0.1, 0.15) is 0 Å². The minimum atomic E-state index is -0.829. The maximum atomic E-state index is 10.5. The van der Waals surface area contributed by atoms with E-state index in [0.717, 1.165) is 12.8 Å². The molecule has 140 valence electrons. The molecule has 0 fully saturated rings. The molecule has 0 radical (unpaired) electrons. The Bertz CT molecular complexity index is 359. The summed E-state index contributed by atoms with van der Waals surface area (Å²) in [7, 11) is 0. The van der Waals surface area contributed by atoms with E-state index in [1.54, 1.807) is 6.92 Å². The van der Waals surface area contributed by atoms with Crippen LogP contribution in [-0.2, 0) is 9.59 Å². The lowest BCUT2D eigenvalue weighted by Crippen LogP contribution is -1.95. The molecule has 0 atom stereocenters. The molecule has 0 heterocycles. The zero-order chi connectivity index (χ0) is 18.6. The summed E-state index contributed by atoms with van der Waals surface area (Å²) in [6.07, 6.45) is 17.4. The van der Waals surface area contributed by atoms with Gasteiger partial charge in [-0.1, -0.05) is 76.9 Å². The van der Waals surface area contributed by atoms with Gasteiger partial charge in [0.15, 0.2) is 0 Å². The Labute approximate surface area is 147 Å². The van der Waals surface area contributed by atoms with E-state index in [2.05, 4.69) is 13.5 Å². The maximum Gasteiger partial charge on any atom is 0.330 e. The normalized spacial score (nSPS) is 10.7. The molecule has 0 unspecified atom stereocenters. The summed E-state index contributed by atoms with van der Waals surface area (Å²) in [6, 6.07) is 0. The minimum Gasteiger partial charge on any atom is -0.481 e. The highest BCUT2D eigenvalue weighted by molar-refractivity contribution is 5.85. The first kappa shape index (κ1) is 24.7. The molecule has 0 aromatic carbocycles. The Balaban J connectivity index is 0. The first-order valence-electron chi connectivity index (χ1n) is 9.18. The van der Waals surface area contributed by atoms with E-state index in [9.17, 15) is 9.59 Å². The highest BCUT2D eigenvalue weighted by Gasteiger charge is 1.97. The molecule has 0 spiro atoms. The third-order valence-corrected chi connectivity index (χ3v) is 3.66. The molecule has 0 aromatic rings. The maximum absolute atomic E-state index is 10.5. The molecule has 0 aromatic heterocycles. The fourth-order valence-electron chi connectivity index (χ4n) is 2.16. The quantitative estimate of drug-likeness (QED) is 0.232. The SMILES string of the molecule is C=CCC(=O)O.CCCCCCCCCCCC/C=C(\C)C(=O)O. The highest BCUT2D eigenvalue weighted by atomic mass is 16.4. The van der Waals surface area contributed by atoms with Crippen LogP contribution >= 0.6 is 0 Å². The minimum absolute atomic E-state index is 0.0556. The topological polar surface area (TPSA) is 74.6 Å². The van der Waals surface area contributed by atoms with Crippen molar-refractivity contribution in [2.45, 2.75) is 90.9 Å². The van der Waals surface area contributed by atoms with Crippen LogP contribution in [0.1, 0.15) is 90.9 Å². The van der Waals surface area contributed by atoms with Crippen LogP contribution in [0.5, 0.6) is 0 Å². The van der Waals surface area contributed by atoms with Crippen molar-refractivity contribution in [1.82, 2.24) is 0 Å². The number of rotatable bonds is 14. The van der Waals surface area contributed by atoms with Crippen molar-refractivity contribution < 1.29 is 19.8 Å². The molecule has 2 N–H and O–H groups in total. The van der Waals surface area contributed by atoms with E-state index in [-0.39, 0.29) is 6.42 Å². The first-order valence-corrected chi connectivity index (χ1v) is 9.18. The van der Waals surface area contributed by atoms with Gasteiger partial charge in [0.05, 0.1) is 6.42 Å². The number of hydrogen-bond donors (Lipinski definition) is 2. The molecular weight excluding hydrogens is 304 g/mol. The summed E-state index contributed by atoms with van der Waals surface area (Å²) in [6.45, 7) is 7.14. The van der Waals surface area contributed by atoms with Gasteiger partial charge in [0.2, 0.25) is 0 Å². The van der Waals surface area contributed by atoms with Crippen molar-refractivity contribution in [2.24, 2.45) is 0 Å². The van der Waals surface area contributed by atoms with Gasteiger partial charge < -0.3 is 10.2 Å². The number of hydrogen-bond acceptors (Lipinski definition) is 2. The monoisotopic (exact) mass is 340 g/mol.